The first kappa shape index (κ1) is 22.8. The normalized spacial score (nSPS) is 14.5. The molecule has 4 rings (SSSR count). The van der Waals surface area contributed by atoms with E-state index in [1.54, 1.807) is 34.3 Å². The van der Waals surface area contributed by atoms with Crippen LogP contribution in [-0.4, -0.2) is 65.3 Å². The number of carbonyl (C=O) groups excluding carboxylic acids is 1. The number of amides is 2. The van der Waals surface area contributed by atoms with Crippen LogP contribution in [0.15, 0.2) is 42.9 Å². The minimum atomic E-state index is -3.40. The van der Waals surface area contributed by atoms with Gasteiger partial charge in [-0.3, -0.25) is 14.8 Å². The maximum atomic E-state index is 13.1. The highest BCUT2D eigenvalue weighted by Gasteiger charge is 2.32. The van der Waals surface area contributed by atoms with Gasteiger partial charge in [0.15, 0.2) is 15.7 Å². The third-order valence-corrected chi connectivity index (χ3v) is 6.49. The highest BCUT2D eigenvalue weighted by Crippen LogP contribution is 2.26. The van der Waals surface area contributed by atoms with E-state index in [2.05, 4.69) is 20.2 Å². The molecule has 0 N–H and O–H groups in total. The zero-order valence-corrected chi connectivity index (χ0v) is 19.4. The lowest BCUT2D eigenvalue weighted by Crippen LogP contribution is -2.32. The minimum Gasteiger partial charge on any atom is -0.369 e. The molecule has 1 aliphatic rings. The summed E-state index contributed by atoms with van der Waals surface area (Å²) in [6.45, 7) is 4.97. The van der Waals surface area contributed by atoms with E-state index in [0.29, 0.717) is 41.8 Å². The van der Waals surface area contributed by atoms with Gasteiger partial charge in [-0.2, -0.15) is 0 Å². The Morgan fingerprint density at radius 3 is 2.61 bits per heavy atom. The molecule has 1 saturated heterocycles. The Morgan fingerprint density at radius 2 is 1.91 bits per heavy atom. The van der Waals surface area contributed by atoms with Gasteiger partial charge in [-0.25, -0.2) is 18.2 Å². The number of urea groups is 1. The summed E-state index contributed by atoms with van der Waals surface area (Å²) in [4.78, 5) is 25.2. The van der Waals surface area contributed by atoms with Crippen LogP contribution in [-0.2, 0) is 20.3 Å². The van der Waals surface area contributed by atoms with Crippen molar-refractivity contribution < 1.29 is 17.9 Å². The van der Waals surface area contributed by atoms with Crippen LogP contribution >= 0.6 is 0 Å². The van der Waals surface area contributed by atoms with Crippen molar-refractivity contribution in [1.82, 2.24) is 24.7 Å². The van der Waals surface area contributed by atoms with Crippen LogP contribution in [0, 0.1) is 0 Å². The molecule has 3 aromatic heterocycles. The first-order chi connectivity index (χ1) is 15.8. The molecule has 3 aromatic rings. The summed E-state index contributed by atoms with van der Waals surface area (Å²) in [5, 5.41) is 8.17. The Hall–Kier alpha value is -3.38. The van der Waals surface area contributed by atoms with Gasteiger partial charge in [0, 0.05) is 26.2 Å². The monoisotopic (exact) mass is 471 g/mol. The van der Waals surface area contributed by atoms with Gasteiger partial charge in [0.1, 0.15) is 23.8 Å². The molecule has 0 bridgehead atoms. The number of aromatic nitrogens is 5. The molecule has 1 fully saturated rings. The van der Waals surface area contributed by atoms with Crippen molar-refractivity contribution >= 4 is 27.4 Å². The third-order valence-electron chi connectivity index (χ3n) is 5.16. The van der Waals surface area contributed by atoms with Gasteiger partial charge >= 0.3 is 6.03 Å². The fourth-order valence-corrected chi connectivity index (χ4v) is 4.66. The van der Waals surface area contributed by atoms with Gasteiger partial charge in [0.25, 0.3) is 0 Å². The number of hydrogen-bond donors (Lipinski definition) is 0. The highest BCUT2D eigenvalue weighted by atomic mass is 32.2. The molecular formula is C21H25N7O4S. The summed E-state index contributed by atoms with van der Waals surface area (Å²) in [6, 6.07) is 8.70. The number of carbonyl (C=O) groups is 1. The van der Waals surface area contributed by atoms with Gasteiger partial charge in [-0.05, 0) is 38.1 Å². The number of hydrogen-bond acceptors (Lipinski definition) is 8. The zero-order chi connectivity index (χ0) is 23.6. The molecule has 174 valence electrons. The molecule has 0 aromatic carbocycles. The van der Waals surface area contributed by atoms with E-state index in [9.17, 15) is 13.2 Å². The largest absolute Gasteiger partial charge is 0.369 e. The second kappa shape index (κ2) is 9.24. The third kappa shape index (κ3) is 4.86. The summed E-state index contributed by atoms with van der Waals surface area (Å²) in [5.74, 6) is 0.571. The van der Waals surface area contributed by atoms with Gasteiger partial charge in [-0.15, -0.1) is 10.2 Å². The highest BCUT2D eigenvalue weighted by molar-refractivity contribution is 7.90. The predicted molar refractivity (Wildman–Crippen MR) is 122 cm³/mol. The van der Waals surface area contributed by atoms with Crippen LogP contribution in [0.4, 0.5) is 16.3 Å². The number of sulfone groups is 1. The van der Waals surface area contributed by atoms with E-state index in [1.165, 1.54) is 13.3 Å². The Morgan fingerprint density at radius 1 is 1.12 bits per heavy atom. The van der Waals surface area contributed by atoms with Crippen molar-refractivity contribution in [2.45, 2.75) is 25.6 Å². The van der Waals surface area contributed by atoms with E-state index in [4.69, 9.17) is 4.74 Å². The average Bonchev–Trinajstić information content (AvgIpc) is 3.41. The number of nitrogens with zero attached hydrogens (tertiary/aromatic N) is 7. The van der Waals surface area contributed by atoms with Crippen LogP contribution in [0.25, 0.3) is 11.5 Å². The Kier molecular flexibility index (Phi) is 6.38. The Bertz CT molecular complexity index is 1240. The zero-order valence-electron chi connectivity index (χ0n) is 18.6. The minimum absolute atomic E-state index is 0.171. The molecule has 0 atom stereocenters. The number of pyridine rings is 2. The summed E-state index contributed by atoms with van der Waals surface area (Å²) in [6.07, 6.45) is 3.17. The van der Waals surface area contributed by atoms with E-state index in [-0.39, 0.29) is 23.8 Å². The molecule has 4 heterocycles. The molecule has 0 radical (unpaired) electrons. The average molecular weight is 472 g/mol. The Labute approximate surface area is 192 Å². The number of rotatable bonds is 8. The molecule has 0 saturated carbocycles. The van der Waals surface area contributed by atoms with Gasteiger partial charge < -0.3 is 9.30 Å². The second-order valence-electron chi connectivity index (χ2n) is 7.92. The molecule has 0 unspecified atom stereocenters. The molecule has 11 nitrogen and oxygen atoms in total. The van der Waals surface area contributed by atoms with E-state index in [0.717, 1.165) is 0 Å². The van der Waals surface area contributed by atoms with Crippen molar-refractivity contribution in [3.63, 3.8) is 0 Å². The van der Waals surface area contributed by atoms with Gasteiger partial charge in [0.2, 0.25) is 0 Å². The number of ether oxygens (including phenoxy) is 1. The van der Waals surface area contributed by atoms with E-state index >= 15 is 0 Å². The lowest BCUT2D eigenvalue weighted by Gasteiger charge is -2.18. The van der Waals surface area contributed by atoms with Crippen LogP contribution in [0.1, 0.15) is 25.6 Å². The standard InChI is InChI=1S/C21H25N7O4S/c1-15(2)28-13-23-25-20(28)18-5-4-6-19(24-18)27-10-9-26(21(27)29)17-8-7-16(22-11-17)12-33(30,31)14-32-3/h4-8,11,13,15H,9-10,12,14H2,1-3H3. The topological polar surface area (TPSA) is 123 Å². The lowest BCUT2D eigenvalue weighted by atomic mass is 10.3. The molecule has 0 aliphatic carbocycles. The van der Waals surface area contributed by atoms with Gasteiger partial charge in [-0.1, -0.05) is 6.07 Å². The summed E-state index contributed by atoms with van der Waals surface area (Å²) >= 11 is 0. The van der Waals surface area contributed by atoms with Crippen molar-refractivity contribution in [1.29, 1.82) is 0 Å². The fourth-order valence-electron chi connectivity index (χ4n) is 3.60. The molecule has 0 spiro atoms. The smallest absolute Gasteiger partial charge is 0.330 e. The first-order valence-corrected chi connectivity index (χ1v) is 12.2. The quantitative estimate of drug-likeness (QED) is 0.490. The predicted octanol–water partition coefficient (Wildman–Crippen LogP) is 2.28. The molecule has 33 heavy (non-hydrogen) atoms. The van der Waals surface area contributed by atoms with Crippen molar-refractivity contribution in [3.05, 3.63) is 48.5 Å². The maximum absolute atomic E-state index is 13.1. The van der Waals surface area contributed by atoms with Crippen molar-refractivity contribution in [2.24, 2.45) is 0 Å². The Balaban J connectivity index is 1.51. The SMILES string of the molecule is COCS(=O)(=O)Cc1ccc(N2CCN(c3cccc(-c4nncn4C(C)C)n3)C2=O)cn1. The second-order valence-corrected chi connectivity index (χ2v) is 9.94. The van der Waals surface area contributed by atoms with Crippen molar-refractivity contribution in [2.75, 3.05) is 35.9 Å². The van der Waals surface area contributed by atoms with Crippen LogP contribution in [0.3, 0.4) is 0 Å². The molecule has 2 amide bonds. The van der Waals surface area contributed by atoms with E-state index < -0.39 is 9.84 Å². The molecular weight excluding hydrogens is 446 g/mol. The van der Waals surface area contributed by atoms with Crippen LogP contribution < -0.4 is 9.80 Å². The lowest BCUT2D eigenvalue weighted by molar-refractivity contribution is 0.249. The van der Waals surface area contributed by atoms with Crippen LogP contribution in [0.5, 0.6) is 0 Å². The molecule has 1 aliphatic heterocycles. The summed E-state index contributed by atoms with van der Waals surface area (Å²) in [5.41, 5.74) is 1.61. The van der Waals surface area contributed by atoms with E-state index in [1.807, 2.05) is 30.5 Å². The number of anilines is 2. The van der Waals surface area contributed by atoms with Crippen molar-refractivity contribution in [3.8, 4) is 11.5 Å². The van der Waals surface area contributed by atoms with Gasteiger partial charge in [0.05, 0.1) is 23.3 Å². The fraction of sp³-hybridized carbons (Fsp3) is 0.381. The number of methoxy groups -OCH3 is 1. The summed E-state index contributed by atoms with van der Waals surface area (Å²) < 4.78 is 30.5. The summed E-state index contributed by atoms with van der Waals surface area (Å²) in [7, 11) is -2.06. The maximum Gasteiger partial charge on any atom is 0.330 e. The molecule has 12 heteroatoms. The first-order valence-electron chi connectivity index (χ1n) is 10.4. The van der Waals surface area contributed by atoms with Crippen LogP contribution in [0.2, 0.25) is 0 Å².